The van der Waals surface area contributed by atoms with E-state index in [4.69, 9.17) is 5.73 Å². The number of pyridine rings is 1. The summed E-state index contributed by atoms with van der Waals surface area (Å²) in [6.07, 6.45) is 3.07. The fourth-order valence-corrected chi connectivity index (χ4v) is 4.54. The van der Waals surface area contributed by atoms with Gasteiger partial charge in [0.2, 0.25) is 11.8 Å². The zero-order valence-electron chi connectivity index (χ0n) is 20.0. The Bertz CT molecular complexity index is 1310. The van der Waals surface area contributed by atoms with Crippen LogP contribution in [0, 0.1) is 12.7 Å². The minimum atomic E-state index is -0.638. The molecule has 36 heavy (non-hydrogen) atoms. The molecule has 3 heterocycles. The van der Waals surface area contributed by atoms with E-state index in [2.05, 4.69) is 10.6 Å². The molecular formula is C25H28FN5O4S. The van der Waals surface area contributed by atoms with E-state index < -0.39 is 11.7 Å². The highest BCUT2D eigenvalue weighted by atomic mass is 32.1. The number of nitrogens with two attached hydrogens (primary N) is 1. The molecule has 4 N–H and O–H groups in total. The van der Waals surface area contributed by atoms with Crippen molar-refractivity contribution in [1.82, 2.24) is 14.8 Å². The summed E-state index contributed by atoms with van der Waals surface area (Å²) in [7, 11) is 1.56. The first-order valence-electron chi connectivity index (χ1n) is 11.3. The SMILES string of the molecule is CNC(=O)C1CCCN1CC(=O)Nc1ccc(-n2ccccc2=O)cc1F.Cc1ccc(C(N)=O)s1. The molecule has 1 atom stereocenters. The lowest BCUT2D eigenvalue weighted by Crippen LogP contribution is -2.45. The zero-order chi connectivity index (χ0) is 26.2. The van der Waals surface area contributed by atoms with Crippen molar-refractivity contribution in [2.45, 2.75) is 25.8 Å². The summed E-state index contributed by atoms with van der Waals surface area (Å²) in [5, 5.41) is 5.13. The third-order valence-electron chi connectivity index (χ3n) is 5.57. The van der Waals surface area contributed by atoms with E-state index in [1.165, 1.54) is 34.1 Å². The Hall–Kier alpha value is -3.83. The van der Waals surface area contributed by atoms with Crippen LogP contribution in [0.3, 0.4) is 0 Å². The van der Waals surface area contributed by atoms with Crippen molar-refractivity contribution in [3.8, 4) is 5.69 Å². The highest BCUT2D eigenvalue weighted by Gasteiger charge is 2.31. The number of benzene rings is 1. The van der Waals surface area contributed by atoms with E-state index in [-0.39, 0.29) is 35.6 Å². The molecule has 1 unspecified atom stereocenters. The number of carbonyl (C=O) groups is 3. The predicted molar refractivity (Wildman–Crippen MR) is 137 cm³/mol. The normalized spacial score (nSPS) is 15.0. The van der Waals surface area contributed by atoms with Gasteiger partial charge in [0.15, 0.2) is 0 Å². The molecule has 2 aromatic heterocycles. The van der Waals surface area contributed by atoms with Crippen molar-refractivity contribution in [1.29, 1.82) is 0 Å². The summed E-state index contributed by atoms with van der Waals surface area (Å²) in [6.45, 7) is 2.60. The van der Waals surface area contributed by atoms with Crippen LogP contribution in [0.25, 0.3) is 5.69 Å². The van der Waals surface area contributed by atoms with Gasteiger partial charge in [-0.2, -0.15) is 0 Å². The number of amides is 3. The summed E-state index contributed by atoms with van der Waals surface area (Å²) in [4.78, 5) is 49.9. The third-order valence-corrected chi connectivity index (χ3v) is 6.59. The summed E-state index contributed by atoms with van der Waals surface area (Å²) < 4.78 is 15.7. The Morgan fingerprint density at radius 1 is 1.17 bits per heavy atom. The smallest absolute Gasteiger partial charge is 0.258 e. The molecule has 0 bridgehead atoms. The number of aryl methyl sites for hydroxylation is 1. The zero-order valence-corrected chi connectivity index (χ0v) is 20.8. The van der Waals surface area contributed by atoms with Gasteiger partial charge < -0.3 is 16.4 Å². The van der Waals surface area contributed by atoms with E-state index in [1.54, 1.807) is 42.4 Å². The standard InChI is InChI=1S/C19H21FN4O3.C6H7NOS/c1-21-19(27)16-5-4-9-23(16)12-17(25)22-15-8-7-13(11-14(15)20)24-10-3-2-6-18(24)26;1-4-2-3-5(9-4)6(7)8/h2-3,6-8,10-11,16H,4-5,9,12H2,1H3,(H,21,27)(H,22,25);2-3H,1H3,(H2,7,8). The Morgan fingerprint density at radius 2 is 1.94 bits per heavy atom. The van der Waals surface area contributed by atoms with Crippen LogP contribution in [0.4, 0.5) is 10.1 Å². The second kappa shape index (κ2) is 12.2. The first kappa shape index (κ1) is 26.8. The molecule has 4 rings (SSSR count). The lowest BCUT2D eigenvalue weighted by atomic mass is 10.2. The third kappa shape index (κ3) is 6.86. The molecule has 1 saturated heterocycles. The van der Waals surface area contributed by atoms with Crippen molar-refractivity contribution in [2.75, 3.05) is 25.5 Å². The van der Waals surface area contributed by atoms with Crippen LogP contribution < -0.4 is 21.9 Å². The molecule has 0 aliphatic carbocycles. The number of nitrogens with zero attached hydrogens (tertiary/aromatic N) is 2. The monoisotopic (exact) mass is 513 g/mol. The maximum Gasteiger partial charge on any atom is 0.258 e. The summed E-state index contributed by atoms with van der Waals surface area (Å²) >= 11 is 1.42. The van der Waals surface area contributed by atoms with E-state index in [1.807, 2.05) is 13.0 Å². The molecule has 3 amide bonds. The highest BCUT2D eigenvalue weighted by molar-refractivity contribution is 7.13. The fraction of sp³-hybridized carbons (Fsp3) is 0.280. The van der Waals surface area contributed by atoms with Gasteiger partial charge in [-0.1, -0.05) is 6.07 Å². The van der Waals surface area contributed by atoms with Gasteiger partial charge in [0.05, 0.1) is 28.8 Å². The molecule has 11 heteroatoms. The van der Waals surface area contributed by atoms with Crippen LogP contribution in [0.1, 0.15) is 27.4 Å². The Kier molecular flexibility index (Phi) is 9.09. The number of halogens is 1. The molecular weight excluding hydrogens is 485 g/mol. The van der Waals surface area contributed by atoms with Gasteiger partial charge in [0.25, 0.3) is 11.5 Å². The summed E-state index contributed by atoms with van der Waals surface area (Å²) in [5.74, 6) is -1.49. The number of hydrogen-bond acceptors (Lipinski definition) is 6. The number of hydrogen-bond donors (Lipinski definition) is 3. The van der Waals surface area contributed by atoms with Crippen LogP contribution in [0.15, 0.2) is 59.5 Å². The average molecular weight is 514 g/mol. The van der Waals surface area contributed by atoms with Gasteiger partial charge in [-0.25, -0.2) is 4.39 Å². The van der Waals surface area contributed by atoms with E-state index in [0.29, 0.717) is 23.5 Å². The second-order valence-corrected chi connectivity index (χ2v) is 9.43. The summed E-state index contributed by atoms with van der Waals surface area (Å²) in [6, 6.07) is 12.1. The first-order valence-corrected chi connectivity index (χ1v) is 12.1. The highest BCUT2D eigenvalue weighted by Crippen LogP contribution is 2.20. The Balaban J connectivity index is 0.000000338. The van der Waals surface area contributed by atoms with Crippen molar-refractivity contribution in [3.63, 3.8) is 0 Å². The average Bonchev–Trinajstić information content (AvgIpc) is 3.50. The lowest BCUT2D eigenvalue weighted by molar-refractivity contribution is -0.126. The second-order valence-electron chi connectivity index (χ2n) is 8.14. The number of nitrogens with one attached hydrogen (secondary N) is 2. The Labute approximate surface area is 211 Å². The van der Waals surface area contributed by atoms with Crippen LogP contribution >= 0.6 is 11.3 Å². The number of primary amides is 1. The molecule has 0 saturated carbocycles. The number of likely N-dealkylation sites (N-methyl/N-ethyl adjacent to an activating group) is 1. The quantitative estimate of drug-likeness (QED) is 0.466. The lowest BCUT2D eigenvalue weighted by Gasteiger charge is -2.22. The van der Waals surface area contributed by atoms with Gasteiger partial charge in [-0.05, 0) is 56.6 Å². The maximum absolute atomic E-state index is 14.4. The van der Waals surface area contributed by atoms with Crippen molar-refractivity contribution in [3.05, 3.63) is 80.7 Å². The minimum Gasteiger partial charge on any atom is -0.365 e. The number of rotatable bonds is 6. The van der Waals surface area contributed by atoms with E-state index in [9.17, 15) is 23.6 Å². The summed E-state index contributed by atoms with van der Waals surface area (Å²) in [5.41, 5.74) is 5.13. The molecule has 0 radical (unpaired) electrons. The number of aromatic nitrogens is 1. The van der Waals surface area contributed by atoms with Crippen LogP contribution in [0.2, 0.25) is 0 Å². The first-order chi connectivity index (χ1) is 17.2. The van der Waals surface area contributed by atoms with Gasteiger partial charge in [-0.3, -0.25) is 28.6 Å². The number of carbonyl (C=O) groups excluding carboxylic acids is 3. The molecule has 1 aliphatic heterocycles. The van der Waals surface area contributed by atoms with Crippen molar-refractivity contribution >= 4 is 34.7 Å². The van der Waals surface area contributed by atoms with Crippen molar-refractivity contribution < 1.29 is 18.8 Å². The maximum atomic E-state index is 14.4. The van der Waals surface area contributed by atoms with Crippen LogP contribution in [-0.2, 0) is 9.59 Å². The van der Waals surface area contributed by atoms with Crippen LogP contribution in [0.5, 0.6) is 0 Å². The number of anilines is 1. The van der Waals surface area contributed by atoms with Gasteiger partial charge in [-0.15, -0.1) is 11.3 Å². The van der Waals surface area contributed by atoms with Gasteiger partial charge in [0, 0.05) is 30.3 Å². The fourth-order valence-electron chi connectivity index (χ4n) is 3.82. The topological polar surface area (TPSA) is 127 Å². The van der Waals surface area contributed by atoms with E-state index in [0.717, 1.165) is 11.3 Å². The molecule has 1 aliphatic rings. The van der Waals surface area contributed by atoms with E-state index >= 15 is 0 Å². The Morgan fingerprint density at radius 3 is 2.53 bits per heavy atom. The van der Waals surface area contributed by atoms with Crippen LogP contribution in [-0.4, -0.2) is 53.4 Å². The molecule has 1 fully saturated rings. The van der Waals surface area contributed by atoms with Gasteiger partial charge in [0.1, 0.15) is 5.82 Å². The molecule has 3 aromatic rings. The molecule has 0 spiro atoms. The molecule has 1 aromatic carbocycles. The largest absolute Gasteiger partial charge is 0.365 e. The van der Waals surface area contributed by atoms with Crippen molar-refractivity contribution in [2.24, 2.45) is 5.73 Å². The minimum absolute atomic E-state index is 0.0113. The molecule has 190 valence electrons. The number of likely N-dealkylation sites (tertiary alicyclic amines) is 1. The predicted octanol–water partition coefficient (Wildman–Crippen LogP) is 2.28. The van der Waals surface area contributed by atoms with Gasteiger partial charge >= 0.3 is 0 Å². The number of thiophene rings is 1. The molecule has 9 nitrogen and oxygen atoms in total.